The molecule has 10 heteroatoms. The van der Waals surface area contributed by atoms with Gasteiger partial charge in [0.1, 0.15) is 0 Å². The monoisotopic (exact) mass is 716 g/mol. The second-order valence-electron chi connectivity index (χ2n) is 10.9. The van der Waals surface area contributed by atoms with Crippen LogP contribution in [0.4, 0.5) is 13.2 Å². The van der Waals surface area contributed by atoms with Gasteiger partial charge in [-0.15, -0.1) is 0 Å². The molecule has 0 atom stereocenters. The molecule has 4 aromatic carbocycles. The number of likely N-dealkylation sites (tertiary alicyclic amines) is 1. The summed E-state index contributed by atoms with van der Waals surface area (Å²) in [5, 5.41) is 10.0. The van der Waals surface area contributed by atoms with Gasteiger partial charge in [-0.3, -0.25) is 4.90 Å². The second kappa shape index (κ2) is 14.4. The molecule has 0 amide bonds. The lowest BCUT2D eigenvalue weighted by molar-refractivity contribution is -0.192. The van der Waals surface area contributed by atoms with E-state index >= 15 is 0 Å². The Kier molecular flexibility index (Phi) is 10.6. The van der Waals surface area contributed by atoms with Crippen LogP contribution >= 0.6 is 39.1 Å². The highest BCUT2D eigenvalue weighted by atomic mass is 79.9. The minimum Gasteiger partial charge on any atom is -0.475 e. The number of halogens is 6. The highest BCUT2D eigenvalue weighted by molar-refractivity contribution is 9.10. The van der Waals surface area contributed by atoms with Crippen molar-refractivity contribution in [3.8, 4) is 11.3 Å². The van der Waals surface area contributed by atoms with Gasteiger partial charge in [0, 0.05) is 38.5 Å². The molecule has 6 rings (SSSR count). The summed E-state index contributed by atoms with van der Waals surface area (Å²) < 4.78 is 35.3. The number of para-hydroxylation sites is 1. The summed E-state index contributed by atoms with van der Waals surface area (Å²) >= 11 is 16.7. The van der Waals surface area contributed by atoms with E-state index in [-0.39, 0.29) is 0 Å². The molecule has 1 aliphatic heterocycles. The number of piperidine rings is 1. The maximum atomic E-state index is 10.6. The Labute approximate surface area is 278 Å². The smallest absolute Gasteiger partial charge is 0.475 e. The van der Waals surface area contributed by atoms with Gasteiger partial charge in [0.05, 0.1) is 5.69 Å². The molecule has 0 saturated carbocycles. The summed E-state index contributed by atoms with van der Waals surface area (Å²) in [5.74, 6) is -2.35. The van der Waals surface area contributed by atoms with E-state index in [0.717, 1.165) is 59.1 Å². The van der Waals surface area contributed by atoms with Gasteiger partial charge >= 0.3 is 12.1 Å². The van der Waals surface area contributed by atoms with E-state index in [1.807, 2.05) is 18.2 Å². The van der Waals surface area contributed by atoms with Crippen molar-refractivity contribution in [1.29, 1.82) is 0 Å². The van der Waals surface area contributed by atoms with Gasteiger partial charge in [-0.05, 0) is 84.4 Å². The summed E-state index contributed by atoms with van der Waals surface area (Å²) in [7, 11) is 0. The van der Waals surface area contributed by atoms with Crippen molar-refractivity contribution in [2.75, 3.05) is 13.1 Å². The zero-order valence-electron chi connectivity index (χ0n) is 24.1. The van der Waals surface area contributed by atoms with Crippen molar-refractivity contribution in [2.45, 2.75) is 38.0 Å². The lowest BCUT2D eigenvalue weighted by Crippen LogP contribution is -2.32. The number of aromatic nitrogens is 1. The van der Waals surface area contributed by atoms with Gasteiger partial charge in [0.2, 0.25) is 0 Å². The molecule has 234 valence electrons. The molecule has 4 nitrogen and oxygen atoms in total. The van der Waals surface area contributed by atoms with E-state index in [0.29, 0.717) is 5.92 Å². The normalized spacial score (nSPS) is 14.3. The van der Waals surface area contributed by atoms with Gasteiger partial charge in [-0.1, -0.05) is 106 Å². The predicted molar refractivity (Wildman–Crippen MR) is 178 cm³/mol. The first-order chi connectivity index (χ1) is 21.5. The first-order valence-corrected chi connectivity index (χ1v) is 15.9. The van der Waals surface area contributed by atoms with Gasteiger partial charge < -0.3 is 9.67 Å². The van der Waals surface area contributed by atoms with Crippen molar-refractivity contribution in [1.82, 2.24) is 9.47 Å². The maximum Gasteiger partial charge on any atom is 0.490 e. The van der Waals surface area contributed by atoms with Crippen LogP contribution in [0.1, 0.15) is 35.4 Å². The standard InChI is InChI=1S/C33H29BrCl2N2.C2HF3O2/c34-26-15-13-23(14-16-26)21-38-31-12-5-4-9-27(31)28(33(38)25-7-2-1-3-8-25)22-37-19-17-24(18-20-37)32-29(35)10-6-11-30(32)36;3-2(4,5)1(6)7/h1-16,24H,17-22H2;(H,6,7). The van der Waals surface area contributed by atoms with Crippen LogP contribution in [0.2, 0.25) is 10.0 Å². The molecular weight excluding hydrogens is 688 g/mol. The molecule has 5 aromatic rings. The van der Waals surface area contributed by atoms with Crippen LogP contribution in [0.25, 0.3) is 22.2 Å². The number of alkyl halides is 3. The molecule has 1 aliphatic rings. The zero-order valence-corrected chi connectivity index (χ0v) is 27.2. The zero-order chi connectivity index (χ0) is 32.1. The Bertz CT molecular complexity index is 1750. The Morgan fingerprint density at radius 2 is 1.40 bits per heavy atom. The number of hydrogen-bond donors (Lipinski definition) is 1. The van der Waals surface area contributed by atoms with Crippen molar-refractivity contribution < 1.29 is 23.1 Å². The van der Waals surface area contributed by atoms with Crippen molar-refractivity contribution >= 4 is 56.0 Å². The lowest BCUT2D eigenvalue weighted by Gasteiger charge is -2.33. The Morgan fingerprint density at radius 3 is 2.00 bits per heavy atom. The van der Waals surface area contributed by atoms with E-state index < -0.39 is 12.1 Å². The molecule has 0 aliphatic carbocycles. The van der Waals surface area contributed by atoms with Crippen molar-refractivity contribution in [2.24, 2.45) is 0 Å². The molecule has 45 heavy (non-hydrogen) atoms. The first-order valence-electron chi connectivity index (χ1n) is 14.4. The van der Waals surface area contributed by atoms with E-state index in [1.165, 1.54) is 33.3 Å². The molecule has 0 bridgehead atoms. The Hall–Kier alpha value is -3.30. The fourth-order valence-corrected chi connectivity index (χ4v) is 6.87. The average molecular weight is 718 g/mol. The Balaban J connectivity index is 0.000000515. The first kappa shape index (κ1) is 33.1. The molecule has 0 unspecified atom stereocenters. The summed E-state index contributed by atoms with van der Waals surface area (Å²) in [5.41, 5.74) is 7.65. The number of hydrogen-bond acceptors (Lipinski definition) is 2. The van der Waals surface area contributed by atoms with E-state index in [9.17, 15) is 13.2 Å². The molecular formula is C35H30BrCl2F3N2O2. The van der Waals surface area contributed by atoms with Crippen LogP contribution in [0.5, 0.6) is 0 Å². The van der Waals surface area contributed by atoms with Gasteiger partial charge in [-0.25, -0.2) is 4.79 Å². The maximum absolute atomic E-state index is 10.6. The van der Waals surface area contributed by atoms with Crippen LogP contribution in [0.3, 0.4) is 0 Å². The fraction of sp³-hybridized carbons (Fsp3) is 0.229. The van der Waals surface area contributed by atoms with Gasteiger partial charge in [0.15, 0.2) is 0 Å². The van der Waals surface area contributed by atoms with Gasteiger partial charge in [-0.2, -0.15) is 13.2 Å². The minimum atomic E-state index is -5.08. The number of carboxylic acid groups (broad SMARTS) is 1. The number of fused-ring (bicyclic) bond motifs is 1. The summed E-state index contributed by atoms with van der Waals surface area (Å²) in [6.45, 7) is 3.78. The number of carbonyl (C=O) groups is 1. The highest BCUT2D eigenvalue weighted by Gasteiger charge is 2.38. The number of carboxylic acids is 1. The molecule has 0 radical (unpaired) electrons. The van der Waals surface area contributed by atoms with E-state index in [4.69, 9.17) is 33.1 Å². The van der Waals surface area contributed by atoms with Gasteiger partial charge in [0.25, 0.3) is 0 Å². The van der Waals surface area contributed by atoms with Crippen molar-refractivity contribution in [3.63, 3.8) is 0 Å². The molecule has 2 heterocycles. The summed E-state index contributed by atoms with van der Waals surface area (Å²) in [6.07, 6.45) is -2.97. The second-order valence-corrected chi connectivity index (χ2v) is 12.6. The fourth-order valence-electron chi connectivity index (χ4n) is 5.90. The number of rotatable bonds is 6. The highest BCUT2D eigenvalue weighted by Crippen LogP contribution is 2.40. The van der Waals surface area contributed by atoms with E-state index in [1.54, 1.807) is 0 Å². The predicted octanol–water partition coefficient (Wildman–Crippen LogP) is 10.4. The van der Waals surface area contributed by atoms with Crippen LogP contribution in [-0.4, -0.2) is 39.8 Å². The van der Waals surface area contributed by atoms with E-state index in [2.05, 4.69) is 104 Å². The Morgan fingerprint density at radius 1 is 0.822 bits per heavy atom. The third kappa shape index (κ3) is 7.93. The summed E-state index contributed by atoms with van der Waals surface area (Å²) in [6, 6.07) is 34.2. The SMILES string of the molecule is Clc1cccc(Cl)c1C1CCN(Cc2c(-c3ccccc3)n(Cc3ccc(Br)cc3)c3ccccc23)CC1.O=C(O)C(F)(F)F. The molecule has 1 saturated heterocycles. The third-order valence-electron chi connectivity index (χ3n) is 8.00. The largest absolute Gasteiger partial charge is 0.490 e. The molecule has 1 N–H and O–H groups in total. The van der Waals surface area contributed by atoms with Crippen LogP contribution in [0.15, 0.2) is 102 Å². The summed E-state index contributed by atoms with van der Waals surface area (Å²) in [4.78, 5) is 11.5. The number of nitrogens with zero attached hydrogens (tertiary/aromatic N) is 2. The minimum absolute atomic E-state index is 0.403. The topological polar surface area (TPSA) is 45.5 Å². The molecule has 0 spiro atoms. The quantitative estimate of drug-likeness (QED) is 0.190. The van der Waals surface area contributed by atoms with Crippen LogP contribution < -0.4 is 0 Å². The average Bonchev–Trinajstić information content (AvgIpc) is 3.32. The molecule has 1 aromatic heterocycles. The number of benzene rings is 4. The third-order valence-corrected chi connectivity index (χ3v) is 9.18. The number of aliphatic carboxylic acids is 1. The van der Waals surface area contributed by atoms with Crippen molar-refractivity contribution in [3.05, 3.63) is 128 Å². The lowest BCUT2D eigenvalue weighted by atomic mass is 9.89. The van der Waals surface area contributed by atoms with Crippen LogP contribution in [-0.2, 0) is 17.9 Å². The molecule has 1 fully saturated rings. The van der Waals surface area contributed by atoms with Crippen LogP contribution in [0, 0.1) is 0 Å².